The molecule has 0 aliphatic carbocycles. The Morgan fingerprint density at radius 3 is 2.66 bits per heavy atom. The summed E-state index contributed by atoms with van der Waals surface area (Å²) in [6.45, 7) is 2.10. The van der Waals surface area contributed by atoms with E-state index in [2.05, 4.69) is 0 Å². The highest BCUT2D eigenvalue weighted by molar-refractivity contribution is 8.18. The number of ether oxygens (including phenoxy) is 2. The first kappa shape index (κ1) is 21.0. The van der Waals surface area contributed by atoms with E-state index < -0.39 is 5.91 Å². The normalized spacial score (nSPS) is 16.5. The summed E-state index contributed by atoms with van der Waals surface area (Å²) in [5, 5.41) is 0.615. The maximum absolute atomic E-state index is 12.9. The summed E-state index contributed by atoms with van der Waals surface area (Å²) in [5.74, 6) is 1.75. The molecule has 1 saturated heterocycles. The number of aryl methyl sites for hydroxylation is 1. The number of hydrogen-bond donors (Lipinski definition) is 0. The van der Waals surface area contributed by atoms with Crippen molar-refractivity contribution in [2.75, 3.05) is 6.79 Å². The third-order valence-corrected chi connectivity index (χ3v) is 6.60. The Balaban J connectivity index is 1.38. The van der Waals surface area contributed by atoms with Crippen molar-refractivity contribution >= 4 is 52.2 Å². The summed E-state index contributed by atoms with van der Waals surface area (Å²) in [7, 11) is 0. The number of carbonyl (C=O) groups is 2. The molecule has 9 heteroatoms. The molecule has 2 amide bonds. The van der Waals surface area contributed by atoms with Crippen LogP contribution in [0.4, 0.5) is 4.79 Å². The second-order valence-electron chi connectivity index (χ2n) is 7.23. The molecule has 6 nitrogen and oxygen atoms in total. The van der Waals surface area contributed by atoms with Crippen molar-refractivity contribution in [2.45, 2.75) is 13.5 Å². The lowest BCUT2D eigenvalue weighted by atomic mass is 10.1. The minimum absolute atomic E-state index is 0.0304. The molecule has 3 heterocycles. The fourth-order valence-electron chi connectivity index (χ4n) is 3.45. The first-order chi connectivity index (χ1) is 15.4. The van der Waals surface area contributed by atoms with Crippen molar-refractivity contribution < 1.29 is 23.5 Å². The van der Waals surface area contributed by atoms with Crippen LogP contribution in [0.15, 0.2) is 51.8 Å². The smallest absolute Gasteiger partial charge is 0.293 e. The molecule has 0 atom stereocenters. The van der Waals surface area contributed by atoms with Gasteiger partial charge in [0.15, 0.2) is 11.5 Å². The monoisotopic (exact) mass is 487 g/mol. The fraction of sp³-hybridized carbons (Fsp3) is 0.130. The van der Waals surface area contributed by atoms with E-state index in [1.165, 1.54) is 0 Å². The molecule has 1 fully saturated rings. The molecule has 5 rings (SSSR count). The summed E-state index contributed by atoms with van der Waals surface area (Å²) in [6.07, 6.45) is 1.57. The van der Waals surface area contributed by atoms with E-state index in [0.717, 1.165) is 27.8 Å². The number of hydrogen-bond acceptors (Lipinski definition) is 6. The Morgan fingerprint density at radius 2 is 1.84 bits per heavy atom. The highest BCUT2D eigenvalue weighted by Crippen LogP contribution is 2.39. The molecule has 0 radical (unpaired) electrons. The summed E-state index contributed by atoms with van der Waals surface area (Å²) >= 11 is 13.3. The van der Waals surface area contributed by atoms with Crippen LogP contribution in [0.3, 0.4) is 0 Å². The van der Waals surface area contributed by atoms with Crippen LogP contribution in [0.1, 0.15) is 16.9 Å². The number of benzene rings is 2. The number of imide groups is 1. The number of rotatable bonds is 4. The molecule has 3 aromatic rings. The third kappa shape index (κ3) is 3.88. The van der Waals surface area contributed by atoms with Gasteiger partial charge >= 0.3 is 0 Å². The second kappa shape index (κ2) is 8.24. The van der Waals surface area contributed by atoms with E-state index in [0.29, 0.717) is 38.6 Å². The molecule has 2 aromatic carbocycles. The molecule has 0 N–H and O–H groups in total. The van der Waals surface area contributed by atoms with Gasteiger partial charge in [-0.3, -0.25) is 14.5 Å². The van der Waals surface area contributed by atoms with Crippen LogP contribution in [0.2, 0.25) is 10.0 Å². The average Bonchev–Trinajstić information content (AvgIpc) is 3.47. The standard InChI is InChI=1S/C23H15Cl2NO5S/c1-12-2-3-14(24)7-16(12)18-5-4-15(31-18)8-21-22(27)26(23(28)32-21)10-13-6-19-20(9-17(13)25)30-11-29-19/h2-9H,10-11H2,1H3/b21-8-. The Kier molecular flexibility index (Phi) is 5.41. The molecule has 2 aliphatic heterocycles. The van der Waals surface area contributed by atoms with Crippen LogP contribution in [-0.4, -0.2) is 22.8 Å². The van der Waals surface area contributed by atoms with Crippen molar-refractivity contribution in [2.24, 2.45) is 0 Å². The van der Waals surface area contributed by atoms with Gasteiger partial charge in [-0.2, -0.15) is 0 Å². The topological polar surface area (TPSA) is 69.0 Å². The highest BCUT2D eigenvalue weighted by atomic mass is 35.5. The lowest BCUT2D eigenvalue weighted by molar-refractivity contribution is -0.123. The van der Waals surface area contributed by atoms with Gasteiger partial charge in [-0.05, 0) is 60.1 Å². The van der Waals surface area contributed by atoms with E-state index in [9.17, 15) is 9.59 Å². The number of amides is 2. The van der Waals surface area contributed by atoms with Crippen LogP contribution in [0.5, 0.6) is 11.5 Å². The molecule has 0 saturated carbocycles. The molecule has 32 heavy (non-hydrogen) atoms. The van der Waals surface area contributed by atoms with Gasteiger partial charge in [0.25, 0.3) is 11.1 Å². The Labute approximate surface area is 197 Å². The van der Waals surface area contributed by atoms with E-state index in [1.807, 2.05) is 25.1 Å². The highest BCUT2D eigenvalue weighted by Gasteiger charge is 2.36. The summed E-state index contributed by atoms with van der Waals surface area (Å²) in [6, 6.07) is 12.4. The van der Waals surface area contributed by atoms with Crippen LogP contribution < -0.4 is 9.47 Å². The van der Waals surface area contributed by atoms with E-state index >= 15 is 0 Å². The molecule has 0 spiro atoms. The minimum atomic E-state index is -0.411. The maximum atomic E-state index is 12.9. The Morgan fingerprint density at radius 1 is 1.06 bits per heavy atom. The summed E-state index contributed by atoms with van der Waals surface area (Å²) in [5.41, 5.74) is 2.47. The van der Waals surface area contributed by atoms with Crippen molar-refractivity contribution in [3.8, 4) is 22.8 Å². The van der Waals surface area contributed by atoms with Crippen molar-refractivity contribution in [3.63, 3.8) is 0 Å². The van der Waals surface area contributed by atoms with Crippen molar-refractivity contribution in [1.29, 1.82) is 0 Å². The van der Waals surface area contributed by atoms with Crippen LogP contribution in [0, 0.1) is 6.92 Å². The zero-order valence-electron chi connectivity index (χ0n) is 16.7. The fourth-order valence-corrected chi connectivity index (χ4v) is 4.66. The van der Waals surface area contributed by atoms with Crippen LogP contribution >= 0.6 is 35.0 Å². The average molecular weight is 488 g/mol. The summed E-state index contributed by atoms with van der Waals surface area (Å²) in [4.78, 5) is 26.8. The van der Waals surface area contributed by atoms with E-state index in [4.69, 9.17) is 37.1 Å². The van der Waals surface area contributed by atoms with E-state index in [1.54, 1.807) is 30.3 Å². The van der Waals surface area contributed by atoms with Gasteiger partial charge in [-0.1, -0.05) is 29.3 Å². The number of thioether (sulfide) groups is 1. The number of fused-ring (bicyclic) bond motifs is 1. The molecule has 162 valence electrons. The van der Waals surface area contributed by atoms with Gasteiger partial charge in [-0.15, -0.1) is 0 Å². The molecule has 0 unspecified atom stereocenters. The zero-order chi connectivity index (χ0) is 22.4. The molecular weight excluding hydrogens is 473 g/mol. The van der Waals surface area contributed by atoms with Gasteiger partial charge in [0.2, 0.25) is 6.79 Å². The Hall–Kier alpha value is -2.87. The lowest BCUT2D eigenvalue weighted by Crippen LogP contribution is -2.27. The summed E-state index contributed by atoms with van der Waals surface area (Å²) < 4.78 is 16.5. The predicted octanol–water partition coefficient (Wildman–Crippen LogP) is 6.53. The van der Waals surface area contributed by atoms with Gasteiger partial charge in [0, 0.05) is 27.8 Å². The number of furan rings is 1. The third-order valence-electron chi connectivity index (χ3n) is 5.11. The van der Waals surface area contributed by atoms with Crippen LogP contribution in [0.25, 0.3) is 17.4 Å². The van der Waals surface area contributed by atoms with Crippen molar-refractivity contribution in [1.82, 2.24) is 4.90 Å². The van der Waals surface area contributed by atoms with Crippen molar-refractivity contribution in [3.05, 3.63) is 74.3 Å². The first-order valence-electron chi connectivity index (χ1n) is 9.59. The van der Waals surface area contributed by atoms with Gasteiger partial charge in [0.1, 0.15) is 11.5 Å². The largest absolute Gasteiger partial charge is 0.457 e. The second-order valence-corrected chi connectivity index (χ2v) is 9.06. The van der Waals surface area contributed by atoms with E-state index in [-0.39, 0.29) is 23.5 Å². The maximum Gasteiger partial charge on any atom is 0.293 e. The van der Waals surface area contributed by atoms with Crippen LogP contribution in [-0.2, 0) is 11.3 Å². The van der Waals surface area contributed by atoms with Gasteiger partial charge < -0.3 is 13.9 Å². The Bertz CT molecular complexity index is 1300. The predicted molar refractivity (Wildman–Crippen MR) is 123 cm³/mol. The molecule has 2 aliphatic rings. The SMILES string of the molecule is Cc1ccc(Cl)cc1-c1ccc(/C=C2\SC(=O)N(Cc3cc4c(cc3Cl)OCO4)C2=O)o1. The minimum Gasteiger partial charge on any atom is -0.457 e. The zero-order valence-corrected chi connectivity index (χ0v) is 19.0. The number of carbonyl (C=O) groups excluding carboxylic acids is 2. The number of nitrogens with zero attached hydrogens (tertiary/aromatic N) is 1. The quantitative estimate of drug-likeness (QED) is 0.389. The van der Waals surface area contributed by atoms with Gasteiger partial charge in [0.05, 0.1) is 11.4 Å². The molecular formula is C23H15Cl2NO5S. The first-order valence-corrected chi connectivity index (χ1v) is 11.2. The number of halogens is 2. The van der Waals surface area contributed by atoms with Gasteiger partial charge in [-0.25, -0.2) is 0 Å². The molecule has 1 aromatic heterocycles. The lowest BCUT2D eigenvalue weighted by Gasteiger charge is -2.14. The molecule has 0 bridgehead atoms.